The minimum absolute atomic E-state index is 0.970. The number of nitrogens with one attached hydrogen (secondary N) is 1. The first-order chi connectivity index (χ1) is 6.77. The third-order valence-electron chi connectivity index (χ3n) is 3.09. The molecule has 0 unspecified atom stereocenters. The SMILES string of the molecule is CCc1cc(CC)c2c(c1N)NCC2. The Bertz CT molecular complexity index is 356. The quantitative estimate of drug-likeness (QED) is 0.703. The lowest BCUT2D eigenvalue weighted by Crippen LogP contribution is -2.01. The fourth-order valence-corrected chi connectivity index (χ4v) is 2.27. The van der Waals surface area contributed by atoms with Crippen molar-refractivity contribution in [2.24, 2.45) is 0 Å². The molecule has 3 N–H and O–H groups in total. The highest BCUT2D eigenvalue weighted by atomic mass is 14.9. The molecule has 2 rings (SSSR count). The van der Waals surface area contributed by atoms with Crippen molar-refractivity contribution in [3.63, 3.8) is 0 Å². The Balaban J connectivity index is 2.60. The second-order valence-electron chi connectivity index (χ2n) is 3.85. The molecule has 14 heavy (non-hydrogen) atoms. The van der Waals surface area contributed by atoms with E-state index in [1.807, 2.05) is 0 Å². The van der Waals surface area contributed by atoms with Gasteiger partial charge in [0.05, 0.1) is 11.4 Å². The average molecular weight is 190 g/mol. The zero-order chi connectivity index (χ0) is 10.1. The molecule has 0 saturated heterocycles. The molecule has 0 bridgehead atoms. The summed E-state index contributed by atoms with van der Waals surface area (Å²) in [6, 6.07) is 2.28. The molecule has 76 valence electrons. The zero-order valence-electron chi connectivity index (χ0n) is 8.98. The summed E-state index contributed by atoms with van der Waals surface area (Å²) in [6.07, 6.45) is 3.26. The van der Waals surface area contributed by atoms with Crippen molar-refractivity contribution >= 4 is 11.4 Å². The van der Waals surface area contributed by atoms with Gasteiger partial charge in [0.2, 0.25) is 0 Å². The number of fused-ring (bicyclic) bond motifs is 1. The Kier molecular flexibility index (Phi) is 2.36. The summed E-state index contributed by atoms with van der Waals surface area (Å²) < 4.78 is 0. The first-order valence-electron chi connectivity index (χ1n) is 5.44. The van der Waals surface area contributed by atoms with Gasteiger partial charge in [0.1, 0.15) is 0 Å². The van der Waals surface area contributed by atoms with Gasteiger partial charge in [-0.05, 0) is 36.0 Å². The Hall–Kier alpha value is -1.18. The highest BCUT2D eigenvalue weighted by Gasteiger charge is 2.18. The lowest BCUT2D eigenvalue weighted by atomic mass is 9.97. The Labute approximate surface area is 85.5 Å². The van der Waals surface area contributed by atoms with E-state index in [1.165, 1.54) is 22.4 Å². The molecule has 1 heterocycles. The molecule has 0 saturated carbocycles. The lowest BCUT2D eigenvalue weighted by molar-refractivity contribution is 1.03. The lowest BCUT2D eigenvalue weighted by Gasteiger charge is -2.13. The van der Waals surface area contributed by atoms with Crippen LogP contribution in [0.2, 0.25) is 0 Å². The number of benzene rings is 1. The van der Waals surface area contributed by atoms with Gasteiger partial charge in [-0.15, -0.1) is 0 Å². The molecule has 0 aliphatic carbocycles. The van der Waals surface area contributed by atoms with Crippen molar-refractivity contribution in [3.8, 4) is 0 Å². The predicted molar refractivity (Wildman–Crippen MR) is 61.8 cm³/mol. The van der Waals surface area contributed by atoms with E-state index in [0.717, 1.165) is 31.5 Å². The first kappa shape index (κ1) is 9.38. The van der Waals surface area contributed by atoms with Crippen molar-refractivity contribution in [2.75, 3.05) is 17.6 Å². The third-order valence-corrected chi connectivity index (χ3v) is 3.09. The molecule has 0 radical (unpaired) electrons. The van der Waals surface area contributed by atoms with Crippen LogP contribution in [0.1, 0.15) is 30.5 Å². The maximum Gasteiger partial charge on any atom is 0.0612 e. The monoisotopic (exact) mass is 190 g/mol. The van der Waals surface area contributed by atoms with Crippen molar-refractivity contribution in [3.05, 3.63) is 22.8 Å². The van der Waals surface area contributed by atoms with Crippen LogP contribution in [-0.2, 0) is 19.3 Å². The fraction of sp³-hybridized carbons (Fsp3) is 0.500. The largest absolute Gasteiger partial charge is 0.397 e. The van der Waals surface area contributed by atoms with Crippen LogP contribution in [0.4, 0.5) is 11.4 Å². The molecule has 1 aliphatic heterocycles. The second-order valence-corrected chi connectivity index (χ2v) is 3.85. The minimum atomic E-state index is 0.970. The molecule has 0 fully saturated rings. The molecule has 0 aromatic heterocycles. The summed E-state index contributed by atoms with van der Waals surface area (Å²) in [4.78, 5) is 0. The van der Waals surface area contributed by atoms with E-state index in [0.29, 0.717) is 0 Å². The summed E-state index contributed by atoms with van der Waals surface area (Å²) in [7, 11) is 0. The summed E-state index contributed by atoms with van der Waals surface area (Å²) in [6.45, 7) is 5.41. The van der Waals surface area contributed by atoms with E-state index in [4.69, 9.17) is 5.73 Å². The maximum atomic E-state index is 6.11. The highest BCUT2D eigenvalue weighted by molar-refractivity contribution is 5.77. The van der Waals surface area contributed by atoms with Gasteiger partial charge in [0.25, 0.3) is 0 Å². The number of hydrogen-bond acceptors (Lipinski definition) is 2. The normalized spacial score (nSPS) is 13.9. The van der Waals surface area contributed by atoms with Gasteiger partial charge < -0.3 is 11.1 Å². The van der Waals surface area contributed by atoms with Gasteiger partial charge in [-0.2, -0.15) is 0 Å². The van der Waals surface area contributed by atoms with E-state index in [9.17, 15) is 0 Å². The second kappa shape index (κ2) is 3.52. The van der Waals surface area contributed by atoms with Crippen molar-refractivity contribution in [1.29, 1.82) is 0 Å². The molecule has 2 nitrogen and oxygen atoms in total. The van der Waals surface area contributed by atoms with Gasteiger partial charge in [0.15, 0.2) is 0 Å². The molecule has 0 atom stereocenters. The molecule has 0 amide bonds. The van der Waals surface area contributed by atoms with Crippen molar-refractivity contribution in [1.82, 2.24) is 0 Å². The minimum Gasteiger partial charge on any atom is -0.397 e. The molecular formula is C12H18N2. The van der Waals surface area contributed by atoms with Crippen LogP contribution >= 0.6 is 0 Å². The Morgan fingerprint density at radius 3 is 2.64 bits per heavy atom. The van der Waals surface area contributed by atoms with Crippen LogP contribution in [-0.4, -0.2) is 6.54 Å². The summed E-state index contributed by atoms with van der Waals surface area (Å²) in [5.41, 5.74) is 12.5. The van der Waals surface area contributed by atoms with Crippen LogP contribution in [0.25, 0.3) is 0 Å². The van der Waals surface area contributed by atoms with Crippen LogP contribution in [0.5, 0.6) is 0 Å². The van der Waals surface area contributed by atoms with E-state index < -0.39 is 0 Å². The van der Waals surface area contributed by atoms with Crippen LogP contribution in [0, 0.1) is 0 Å². The standard InChI is InChI=1S/C12H18N2/c1-3-8-7-9(4-2)11(13)12-10(8)5-6-14-12/h7,14H,3-6,13H2,1-2H3. The summed E-state index contributed by atoms with van der Waals surface area (Å²) >= 11 is 0. The van der Waals surface area contributed by atoms with E-state index in [-0.39, 0.29) is 0 Å². The molecule has 1 aromatic rings. The molecule has 0 spiro atoms. The molecule has 1 aliphatic rings. The predicted octanol–water partition coefficient (Wildman–Crippen LogP) is 2.36. The fourth-order valence-electron chi connectivity index (χ4n) is 2.27. The topological polar surface area (TPSA) is 38.0 Å². The van der Waals surface area contributed by atoms with E-state index in [2.05, 4.69) is 25.2 Å². The van der Waals surface area contributed by atoms with E-state index in [1.54, 1.807) is 0 Å². The van der Waals surface area contributed by atoms with Gasteiger partial charge in [0, 0.05) is 6.54 Å². The Morgan fingerprint density at radius 1 is 1.29 bits per heavy atom. The van der Waals surface area contributed by atoms with Gasteiger partial charge in [-0.25, -0.2) is 0 Å². The van der Waals surface area contributed by atoms with Gasteiger partial charge >= 0.3 is 0 Å². The third kappa shape index (κ3) is 1.26. The average Bonchev–Trinajstić information content (AvgIpc) is 2.68. The molecule has 1 aromatic carbocycles. The van der Waals surface area contributed by atoms with Crippen LogP contribution in [0.15, 0.2) is 6.07 Å². The first-order valence-corrected chi connectivity index (χ1v) is 5.44. The number of nitrogen functional groups attached to an aromatic ring is 1. The number of nitrogens with two attached hydrogens (primary N) is 1. The summed E-state index contributed by atoms with van der Waals surface area (Å²) in [5.74, 6) is 0. The molecular weight excluding hydrogens is 172 g/mol. The smallest absolute Gasteiger partial charge is 0.0612 e. The number of aryl methyl sites for hydroxylation is 2. The zero-order valence-corrected chi connectivity index (χ0v) is 8.98. The highest BCUT2D eigenvalue weighted by Crippen LogP contribution is 2.35. The van der Waals surface area contributed by atoms with Crippen molar-refractivity contribution in [2.45, 2.75) is 33.1 Å². The van der Waals surface area contributed by atoms with Crippen LogP contribution in [0.3, 0.4) is 0 Å². The number of rotatable bonds is 2. The number of hydrogen-bond donors (Lipinski definition) is 2. The van der Waals surface area contributed by atoms with Crippen LogP contribution < -0.4 is 11.1 Å². The molecule has 2 heteroatoms. The van der Waals surface area contributed by atoms with E-state index >= 15 is 0 Å². The summed E-state index contributed by atoms with van der Waals surface area (Å²) in [5, 5.41) is 3.39. The number of anilines is 2. The maximum absolute atomic E-state index is 6.11. The van der Waals surface area contributed by atoms with Gasteiger partial charge in [-0.1, -0.05) is 19.9 Å². The Morgan fingerprint density at radius 2 is 2.00 bits per heavy atom. The van der Waals surface area contributed by atoms with Crippen molar-refractivity contribution < 1.29 is 0 Å². The van der Waals surface area contributed by atoms with Gasteiger partial charge in [-0.3, -0.25) is 0 Å².